The first-order chi connectivity index (χ1) is 9.06. The Morgan fingerprint density at radius 2 is 1.95 bits per heavy atom. The van der Waals surface area contributed by atoms with Crippen LogP contribution in [0.4, 0.5) is 0 Å². The van der Waals surface area contributed by atoms with E-state index in [-0.39, 0.29) is 5.91 Å². The van der Waals surface area contributed by atoms with Crippen LogP contribution in [0.2, 0.25) is 10.0 Å². The summed E-state index contributed by atoms with van der Waals surface area (Å²) in [6, 6.07) is 12.4. The highest BCUT2D eigenvalue weighted by Gasteiger charge is 2.07. The molecule has 2 aromatic rings. The molecule has 5 heteroatoms. The van der Waals surface area contributed by atoms with Gasteiger partial charge in [0.05, 0.1) is 5.02 Å². The topological polar surface area (TPSA) is 29.1 Å². The van der Waals surface area contributed by atoms with Gasteiger partial charge < -0.3 is 5.32 Å². The monoisotopic (exact) mass is 357 g/mol. The number of hydrogen-bond donors (Lipinski definition) is 1. The van der Waals surface area contributed by atoms with E-state index in [2.05, 4.69) is 21.2 Å². The van der Waals surface area contributed by atoms with Crippen LogP contribution in [0.15, 0.2) is 46.9 Å². The minimum absolute atomic E-state index is 0.172. The number of halogens is 3. The van der Waals surface area contributed by atoms with Crippen LogP contribution in [0, 0.1) is 0 Å². The van der Waals surface area contributed by atoms with E-state index >= 15 is 0 Å². The van der Waals surface area contributed by atoms with Crippen molar-refractivity contribution in [1.82, 2.24) is 5.32 Å². The quantitative estimate of drug-likeness (QED) is 0.847. The Morgan fingerprint density at radius 3 is 2.63 bits per heavy atom. The molecule has 1 N–H and O–H groups in total. The van der Waals surface area contributed by atoms with Gasteiger partial charge in [0.2, 0.25) is 0 Å². The normalized spacial score (nSPS) is 10.3. The van der Waals surface area contributed by atoms with Gasteiger partial charge in [0.15, 0.2) is 0 Å². The van der Waals surface area contributed by atoms with Crippen LogP contribution in [0.5, 0.6) is 0 Å². The van der Waals surface area contributed by atoms with Gasteiger partial charge in [-0.05, 0) is 51.8 Å². The Bertz CT molecular complexity index is 616. The lowest BCUT2D eigenvalue weighted by molar-refractivity contribution is 0.0951. The van der Waals surface area contributed by atoms with Gasteiger partial charge in [0.1, 0.15) is 0 Å². The third-order valence-electron chi connectivity index (χ3n) is 2.52. The van der Waals surface area contributed by atoms with E-state index in [1.807, 2.05) is 18.2 Å². The van der Waals surface area contributed by atoms with Gasteiger partial charge in [-0.15, -0.1) is 0 Å². The van der Waals surface area contributed by atoms with E-state index in [1.54, 1.807) is 24.3 Å². The fourth-order valence-corrected chi connectivity index (χ4v) is 2.21. The Morgan fingerprint density at radius 1 is 1.16 bits per heavy atom. The van der Waals surface area contributed by atoms with Crippen LogP contribution >= 0.6 is 39.1 Å². The number of benzene rings is 2. The molecule has 0 atom stereocenters. The summed E-state index contributed by atoms with van der Waals surface area (Å²) < 4.78 is 0.764. The highest BCUT2D eigenvalue weighted by atomic mass is 79.9. The summed E-state index contributed by atoms with van der Waals surface area (Å²) in [6.07, 6.45) is 0. The van der Waals surface area contributed by atoms with Gasteiger partial charge in [-0.25, -0.2) is 0 Å². The average molecular weight is 359 g/mol. The molecule has 0 heterocycles. The molecule has 0 aliphatic heterocycles. The Hall–Kier alpha value is -1.03. The second kappa shape index (κ2) is 6.42. The fraction of sp³-hybridized carbons (Fsp3) is 0.0714. The molecule has 2 aromatic carbocycles. The summed E-state index contributed by atoms with van der Waals surface area (Å²) in [5, 5.41) is 3.98. The molecular formula is C14H10BrCl2NO. The molecule has 0 aliphatic rings. The highest BCUT2D eigenvalue weighted by Crippen LogP contribution is 2.23. The number of carbonyl (C=O) groups is 1. The summed E-state index contributed by atoms with van der Waals surface area (Å²) in [5.74, 6) is -0.172. The largest absolute Gasteiger partial charge is 0.348 e. The van der Waals surface area contributed by atoms with Crippen molar-refractivity contribution in [1.29, 1.82) is 0 Å². The summed E-state index contributed by atoms with van der Waals surface area (Å²) in [4.78, 5) is 11.9. The molecule has 0 unspecified atom stereocenters. The van der Waals surface area contributed by atoms with Gasteiger partial charge in [-0.3, -0.25) is 4.79 Å². The van der Waals surface area contributed by atoms with E-state index < -0.39 is 0 Å². The van der Waals surface area contributed by atoms with Gasteiger partial charge in [-0.2, -0.15) is 0 Å². The lowest BCUT2D eigenvalue weighted by Crippen LogP contribution is -2.22. The molecule has 19 heavy (non-hydrogen) atoms. The first-order valence-electron chi connectivity index (χ1n) is 5.54. The molecule has 0 bridgehead atoms. The zero-order chi connectivity index (χ0) is 13.8. The number of nitrogens with one attached hydrogen (secondary N) is 1. The minimum Gasteiger partial charge on any atom is -0.348 e. The maximum absolute atomic E-state index is 11.9. The SMILES string of the molecule is O=C(NCc1cccc(Cl)c1)c1ccc(Br)c(Cl)c1. The van der Waals surface area contributed by atoms with Crippen LogP contribution < -0.4 is 5.32 Å². The zero-order valence-electron chi connectivity index (χ0n) is 9.79. The Balaban J connectivity index is 2.03. The van der Waals surface area contributed by atoms with E-state index in [9.17, 15) is 4.79 Å². The molecule has 0 aromatic heterocycles. The molecule has 0 radical (unpaired) electrons. The highest BCUT2D eigenvalue weighted by molar-refractivity contribution is 9.10. The molecule has 0 fully saturated rings. The van der Waals surface area contributed by atoms with E-state index in [0.29, 0.717) is 22.2 Å². The second-order valence-corrected chi connectivity index (χ2v) is 5.64. The van der Waals surface area contributed by atoms with Gasteiger partial charge in [-0.1, -0.05) is 35.3 Å². The summed E-state index contributed by atoms with van der Waals surface area (Å²) >= 11 is 15.1. The van der Waals surface area contributed by atoms with Crippen molar-refractivity contribution in [2.45, 2.75) is 6.54 Å². The molecule has 0 spiro atoms. The van der Waals surface area contributed by atoms with E-state index in [1.165, 1.54) is 0 Å². The minimum atomic E-state index is -0.172. The second-order valence-electron chi connectivity index (χ2n) is 3.94. The predicted molar refractivity (Wildman–Crippen MR) is 81.8 cm³/mol. The summed E-state index contributed by atoms with van der Waals surface area (Å²) in [5.41, 5.74) is 1.47. The van der Waals surface area contributed by atoms with Gasteiger partial charge in [0.25, 0.3) is 5.91 Å². The van der Waals surface area contributed by atoms with E-state index in [0.717, 1.165) is 10.0 Å². The zero-order valence-corrected chi connectivity index (χ0v) is 12.9. The number of rotatable bonds is 3. The van der Waals surface area contributed by atoms with Crippen molar-refractivity contribution in [3.63, 3.8) is 0 Å². The van der Waals surface area contributed by atoms with Crippen molar-refractivity contribution in [2.75, 3.05) is 0 Å². The number of amides is 1. The van der Waals surface area contributed by atoms with Crippen LogP contribution in [0.25, 0.3) is 0 Å². The molecule has 2 rings (SSSR count). The van der Waals surface area contributed by atoms with Crippen LogP contribution in [-0.2, 0) is 6.54 Å². The van der Waals surface area contributed by atoms with Crippen molar-refractivity contribution in [3.8, 4) is 0 Å². The van der Waals surface area contributed by atoms with Gasteiger partial charge in [0, 0.05) is 21.6 Å². The fourth-order valence-electron chi connectivity index (χ4n) is 1.57. The standard InChI is InChI=1S/C14H10BrCl2NO/c15-12-5-4-10(7-13(12)17)14(19)18-8-9-2-1-3-11(16)6-9/h1-7H,8H2,(H,18,19). The molecular weight excluding hydrogens is 349 g/mol. The predicted octanol–water partition coefficient (Wildman–Crippen LogP) is 4.69. The molecule has 0 aliphatic carbocycles. The summed E-state index contributed by atoms with van der Waals surface area (Å²) in [6.45, 7) is 0.424. The molecule has 2 nitrogen and oxygen atoms in total. The lowest BCUT2D eigenvalue weighted by atomic mass is 10.2. The number of hydrogen-bond acceptors (Lipinski definition) is 1. The third kappa shape index (κ3) is 3.96. The first kappa shape index (κ1) is 14.4. The van der Waals surface area contributed by atoms with Crippen molar-refractivity contribution in [2.24, 2.45) is 0 Å². The maximum Gasteiger partial charge on any atom is 0.251 e. The Labute approximate surface area is 129 Å². The average Bonchev–Trinajstić information content (AvgIpc) is 2.39. The van der Waals surface area contributed by atoms with Gasteiger partial charge >= 0.3 is 0 Å². The molecule has 0 saturated heterocycles. The number of carbonyl (C=O) groups excluding carboxylic acids is 1. The van der Waals surface area contributed by atoms with Crippen LogP contribution in [0.1, 0.15) is 15.9 Å². The van der Waals surface area contributed by atoms with Crippen molar-refractivity contribution < 1.29 is 4.79 Å². The first-order valence-corrected chi connectivity index (χ1v) is 7.09. The van der Waals surface area contributed by atoms with Crippen molar-refractivity contribution >= 4 is 45.0 Å². The Kier molecular flexibility index (Phi) is 4.86. The summed E-state index contributed by atoms with van der Waals surface area (Å²) in [7, 11) is 0. The third-order valence-corrected chi connectivity index (χ3v) is 3.99. The van der Waals surface area contributed by atoms with Crippen LogP contribution in [-0.4, -0.2) is 5.91 Å². The van der Waals surface area contributed by atoms with Crippen molar-refractivity contribution in [3.05, 3.63) is 68.1 Å². The smallest absolute Gasteiger partial charge is 0.251 e. The molecule has 0 saturated carbocycles. The van der Waals surface area contributed by atoms with Crippen LogP contribution in [0.3, 0.4) is 0 Å². The molecule has 98 valence electrons. The molecule has 1 amide bonds. The van der Waals surface area contributed by atoms with E-state index in [4.69, 9.17) is 23.2 Å². The maximum atomic E-state index is 11.9. The lowest BCUT2D eigenvalue weighted by Gasteiger charge is -2.06.